The molecule has 0 fully saturated rings. The highest BCUT2D eigenvalue weighted by atomic mass is 31.2. The van der Waals surface area contributed by atoms with Crippen LogP contribution in [0.25, 0.3) is 0 Å². The van der Waals surface area contributed by atoms with E-state index in [0.717, 1.165) is 0 Å². The number of hydrogen-bond donors (Lipinski definition) is 1. The second kappa shape index (κ2) is 9.23. The van der Waals surface area contributed by atoms with Crippen LogP contribution >= 0.6 is 7.75 Å². The molecule has 0 aromatic heterocycles. The standard InChI is InChI=1S/C17H15F5NO5P/c1-3-26-17(24)9(2)23-29(25,27-10-7-5-4-6-8-10)28-16-14(21)12(19)11(18)13(20)15(16)22/h4-9H,3H2,1-2H3,(H,23,25). The molecule has 0 heterocycles. The van der Waals surface area contributed by atoms with E-state index in [4.69, 9.17) is 9.26 Å². The van der Waals surface area contributed by atoms with Crippen LogP contribution in [-0.4, -0.2) is 18.6 Å². The minimum absolute atomic E-state index is 0.0345. The summed E-state index contributed by atoms with van der Waals surface area (Å²) >= 11 is 0. The summed E-state index contributed by atoms with van der Waals surface area (Å²) in [7, 11) is -4.89. The van der Waals surface area contributed by atoms with E-state index in [9.17, 15) is 31.3 Å². The van der Waals surface area contributed by atoms with Gasteiger partial charge in [0.1, 0.15) is 11.8 Å². The first-order valence-corrected chi connectivity index (χ1v) is 9.64. The van der Waals surface area contributed by atoms with Gasteiger partial charge in [-0.2, -0.15) is 13.9 Å². The third-order valence-electron chi connectivity index (χ3n) is 3.34. The van der Waals surface area contributed by atoms with E-state index in [1.54, 1.807) is 6.07 Å². The fraction of sp³-hybridized carbons (Fsp3) is 0.235. The number of para-hydroxylation sites is 1. The number of halogens is 5. The van der Waals surface area contributed by atoms with Crippen molar-refractivity contribution in [3.05, 3.63) is 59.4 Å². The van der Waals surface area contributed by atoms with E-state index in [-0.39, 0.29) is 12.4 Å². The van der Waals surface area contributed by atoms with Gasteiger partial charge in [-0.25, -0.2) is 17.7 Å². The molecular formula is C17H15F5NO5P. The first kappa shape index (κ1) is 22.6. The Morgan fingerprint density at radius 3 is 2.00 bits per heavy atom. The van der Waals surface area contributed by atoms with E-state index >= 15 is 0 Å². The molecule has 2 rings (SSSR count). The van der Waals surface area contributed by atoms with Crippen LogP contribution in [0, 0.1) is 29.1 Å². The lowest BCUT2D eigenvalue weighted by Gasteiger charge is -2.23. The number of carbonyl (C=O) groups excluding carboxylic acids is 1. The van der Waals surface area contributed by atoms with E-state index in [1.807, 2.05) is 5.09 Å². The molecule has 0 aliphatic rings. The van der Waals surface area contributed by atoms with E-state index in [2.05, 4.69) is 4.52 Å². The SMILES string of the molecule is CCOC(=O)C(C)NP(=O)(Oc1ccccc1)Oc1c(F)c(F)c(F)c(F)c1F. The summed E-state index contributed by atoms with van der Waals surface area (Å²) in [6.07, 6.45) is 0. The molecule has 0 radical (unpaired) electrons. The highest BCUT2D eigenvalue weighted by Crippen LogP contribution is 2.47. The number of hydrogen-bond acceptors (Lipinski definition) is 5. The zero-order chi connectivity index (χ0) is 21.8. The molecule has 0 spiro atoms. The van der Waals surface area contributed by atoms with Gasteiger partial charge < -0.3 is 13.8 Å². The first-order chi connectivity index (χ1) is 13.6. The molecule has 2 atom stereocenters. The Balaban J connectivity index is 2.46. The van der Waals surface area contributed by atoms with Crippen molar-refractivity contribution < 1.29 is 45.1 Å². The second-order valence-corrected chi connectivity index (χ2v) is 7.11. The molecule has 0 bridgehead atoms. The molecule has 0 aliphatic heterocycles. The zero-order valence-electron chi connectivity index (χ0n) is 15.0. The van der Waals surface area contributed by atoms with Gasteiger partial charge in [-0.1, -0.05) is 18.2 Å². The van der Waals surface area contributed by atoms with E-state index < -0.39 is 54.6 Å². The average Bonchev–Trinajstić information content (AvgIpc) is 2.69. The molecule has 0 amide bonds. The number of nitrogens with one attached hydrogen (secondary N) is 1. The van der Waals surface area contributed by atoms with Crippen LogP contribution in [0.5, 0.6) is 11.5 Å². The Kier molecular flexibility index (Phi) is 7.21. The molecule has 158 valence electrons. The van der Waals surface area contributed by atoms with Crippen LogP contribution in [0.1, 0.15) is 13.8 Å². The molecule has 1 N–H and O–H groups in total. The van der Waals surface area contributed by atoms with Crippen LogP contribution in [-0.2, 0) is 14.1 Å². The highest BCUT2D eigenvalue weighted by molar-refractivity contribution is 7.52. The quantitative estimate of drug-likeness (QED) is 0.215. The van der Waals surface area contributed by atoms with Crippen LogP contribution in [0.2, 0.25) is 0 Å². The van der Waals surface area contributed by atoms with Gasteiger partial charge in [-0.3, -0.25) is 4.79 Å². The summed E-state index contributed by atoms with van der Waals surface area (Å²) in [5.74, 6) is -14.6. The summed E-state index contributed by atoms with van der Waals surface area (Å²) in [5, 5.41) is 2.05. The fourth-order valence-corrected chi connectivity index (χ4v) is 3.56. The van der Waals surface area contributed by atoms with Crippen LogP contribution in [0.15, 0.2) is 30.3 Å². The van der Waals surface area contributed by atoms with Crippen molar-refractivity contribution in [2.24, 2.45) is 0 Å². The maximum absolute atomic E-state index is 13.9. The average molecular weight is 439 g/mol. The van der Waals surface area contributed by atoms with Gasteiger partial charge in [0.25, 0.3) is 0 Å². The Labute approximate surface area is 162 Å². The lowest BCUT2D eigenvalue weighted by Crippen LogP contribution is -2.36. The summed E-state index contributed by atoms with van der Waals surface area (Å²) < 4.78 is 95.4. The third-order valence-corrected chi connectivity index (χ3v) is 4.92. The van der Waals surface area contributed by atoms with Crippen molar-refractivity contribution in [2.45, 2.75) is 19.9 Å². The Bertz CT molecular complexity index is 915. The topological polar surface area (TPSA) is 73.9 Å². The molecule has 0 aliphatic carbocycles. The van der Waals surface area contributed by atoms with Gasteiger partial charge in [0.15, 0.2) is 0 Å². The molecule has 2 unspecified atom stereocenters. The molecular weight excluding hydrogens is 424 g/mol. The number of carbonyl (C=O) groups is 1. The Morgan fingerprint density at radius 1 is 0.966 bits per heavy atom. The van der Waals surface area contributed by atoms with Crippen molar-refractivity contribution >= 4 is 13.7 Å². The third kappa shape index (κ3) is 5.24. The Hall–Kier alpha value is -2.65. The molecule has 6 nitrogen and oxygen atoms in total. The van der Waals surface area contributed by atoms with Crippen molar-refractivity contribution in [3.8, 4) is 11.5 Å². The largest absolute Gasteiger partial charge is 0.513 e. The van der Waals surface area contributed by atoms with Crippen LogP contribution < -0.4 is 14.1 Å². The van der Waals surface area contributed by atoms with E-state index in [1.165, 1.54) is 38.1 Å². The van der Waals surface area contributed by atoms with Gasteiger partial charge >= 0.3 is 13.7 Å². The van der Waals surface area contributed by atoms with Crippen molar-refractivity contribution in [1.82, 2.24) is 5.09 Å². The van der Waals surface area contributed by atoms with Gasteiger partial charge in [0.2, 0.25) is 34.8 Å². The second-order valence-electron chi connectivity index (χ2n) is 5.49. The van der Waals surface area contributed by atoms with Gasteiger partial charge in [0.05, 0.1) is 6.61 Å². The van der Waals surface area contributed by atoms with E-state index in [0.29, 0.717) is 0 Å². The molecule has 0 saturated carbocycles. The number of esters is 1. The normalized spacial score (nSPS) is 14.0. The molecule has 29 heavy (non-hydrogen) atoms. The smallest absolute Gasteiger partial charge is 0.465 e. The van der Waals surface area contributed by atoms with Crippen LogP contribution in [0.3, 0.4) is 0 Å². The number of rotatable bonds is 8. The molecule has 2 aromatic rings. The monoisotopic (exact) mass is 439 g/mol. The predicted molar refractivity (Wildman–Crippen MR) is 90.8 cm³/mol. The zero-order valence-corrected chi connectivity index (χ0v) is 15.9. The van der Waals surface area contributed by atoms with Crippen molar-refractivity contribution in [1.29, 1.82) is 0 Å². The van der Waals surface area contributed by atoms with Gasteiger partial charge in [-0.05, 0) is 26.0 Å². The summed E-state index contributed by atoms with van der Waals surface area (Å²) in [6.45, 7) is 2.63. The van der Waals surface area contributed by atoms with Gasteiger partial charge in [0, 0.05) is 0 Å². The summed E-state index contributed by atoms with van der Waals surface area (Å²) in [6, 6.07) is 5.65. The van der Waals surface area contributed by atoms with Crippen molar-refractivity contribution in [2.75, 3.05) is 6.61 Å². The highest BCUT2D eigenvalue weighted by Gasteiger charge is 2.38. The maximum atomic E-state index is 13.9. The summed E-state index contributed by atoms with van der Waals surface area (Å²) in [5.41, 5.74) is 0. The molecule has 2 aromatic carbocycles. The minimum Gasteiger partial charge on any atom is -0.465 e. The van der Waals surface area contributed by atoms with Gasteiger partial charge in [-0.15, -0.1) is 0 Å². The van der Waals surface area contributed by atoms with Crippen molar-refractivity contribution in [3.63, 3.8) is 0 Å². The number of benzene rings is 2. The summed E-state index contributed by atoms with van der Waals surface area (Å²) in [4.78, 5) is 11.8. The Morgan fingerprint density at radius 2 is 1.48 bits per heavy atom. The first-order valence-electron chi connectivity index (χ1n) is 8.09. The lowest BCUT2D eigenvalue weighted by molar-refractivity contribution is -0.144. The number of ether oxygens (including phenoxy) is 1. The minimum atomic E-state index is -4.89. The van der Waals surface area contributed by atoms with Crippen LogP contribution in [0.4, 0.5) is 22.0 Å². The fourth-order valence-electron chi connectivity index (χ4n) is 2.03. The molecule has 12 heteroatoms. The maximum Gasteiger partial charge on any atom is 0.513 e. The lowest BCUT2D eigenvalue weighted by atomic mass is 10.3. The predicted octanol–water partition coefficient (Wildman–Crippen LogP) is 4.49. The molecule has 0 saturated heterocycles.